The number of hydrogen-bond acceptors (Lipinski definition) is 2. The van der Waals surface area contributed by atoms with Crippen LogP contribution in [0.3, 0.4) is 0 Å². The van der Waals surface area contributed by atoms with Crippen LogP contribution in [0.15, 0.2) is 22.8 Å². The summed E-state index contributed by atoms with van der Waals surface area (Å²) in [7, 11) is 0. The summed E-state index contributed by atoms with van der Waals surface area (Å²) < 4.78 is 3.17. The average Bonchev–Trinajstić information content (AvgIpc) is 3.01. The normalized spacial score (nSPS) is 17.9. The lowest BCUT2D eigenvalue weighted by Crippen LogP contribution is -2.15. The molecule has 4 heteroatoms. The molecule has 1 aliphatic rings. The third-order valence-electron chi connectivity index (χ3n) is 3.25. The molecule has 1 unspecified atom stereocenters. The molecule has 0 bridgehead atoms. The molecule has 1 atom stereocenters. The van der Waals surface area contributed by atoms with Gasteiger partial charge in [-0.15, -0.1) is 0 Å². The van der Waals surface area contributed by atoms with Crippen LogP contribution >= 0.6 is 15.9 Å². The Morgan fingerprint density at radius 3 is 2.94 bits per heavy atom. The quantitative estimate of drug-likeness (QED) is 0.919. The second-order valence-electron chi connectivity index (χ2n) is 4.52. The summed E-state index contributed by atoms with van der Waals surface area (Å²) in [5.74, 6) is 0.651. The van der Waals surface area contributed by atoms with E-state index in [0.717, 1.165) is 15.8 Å². The van der Waals surface area contributed by atoms with E-state index < -0.39 is 0 Å². The summed E-state index contributed by atoms with van der Waals surface area (Å²) in [6.07, 6.45) is 4.55. The maximum atomic E-state index is 6.29. The molecule has 2 heterocycles. The van der Waals surface area contributed by atoms with Gasteiger partial charge >= 0.3 is 0 Å². The van der Waals surface area contributed by atoms with E-state index >= 15 is 0 Å². The minimum Gasteiger partial charge on any atom is -0.322 e. The smallest absolute Gasteiger partial charge is 0.137 e. The van der Waals surface area contributed by atoms with Crippen molar-refractivity contribution in [3.63, 3.8) is 0 Å². The van der Waals surface area contributed by atoms with Crippen molar-refractivity contribution in [2.75, 3.05) is 0 Å². The molecule has 2 aromatic rings. The predicted molar refractivity (Wildman–Crippen MR) is 67.3 cm³/mol. The number of pyridine rings is 1. The van der Waals surface area contributed by atoms with Crippen LogP contribution in [-0.4, -0.2) is 9.38 Å². The average molecular weight is 280 g/mol. The number of fused-ring (bicyclic) bond motifs is 1. The van der Waals surface area contributed by atoms with E-state index in [-0.39, 0.29) is 6.04 Å². The van der Waals surface area contributed by atoms with Gasteiger partial charge in [-0.3, -0.25) is 0 Å². The summed E-state index contributed by atoms with van der Waals surface area (Å²) in [5, 5.41) is 0. The first-order chi connectivity index (χ1) is 7.66. The van der Waals surface area contributed by atoms with Crippen molar-refractivity contribution in [1.82, 2.24) is 9.38 Å². The highest BCUT2D eigenvalue weighted by atomic mass is 79.9. The van der Waals surface area contributed by atoms with Crippen molar-refractivity contribution in [3.8, 4) is 0 Å². The molecule has 3 rings (SSSR count). The number of hydrogen-bond donors (Lipinski definition) is 1. The van der Waals surface area contributed by atoms with E-state index in [0.29, 0.717) is 5.92 Å². The third kappa shape index (κ3) is 1.57. The lowest BCUT2D eigenvalue weighted by molar-refractivity contribution is 0.605. The van der Waals surface area contributed by atoms with Gasteiger partial charge in [-0.25, -0.2) is 4.98 Å². The lowest BCUT2D eigenvalue weighted by Gasteiger charge is -2.11. The Labute approximate surface area is 103 Å². The van der Waals surface area contributed by atoms with Crippen LogP contribution < -0.4 is 5.73 Å². The van der Waals surface area contributed by atoms with Crippen molar-refractivity contribution < 1.29 is 0 Å². The molecule has 84 valence electrons. The molecule has 16 heavy (non-hydrogen) atoms. The second kappa shape index (κ2) is 3.57. The molecule has 1 saturated carbocycles. The Bertz CT molecular complexity index is 542. The molecule has 0 radical (unpaired) electrons. The highest BCUT2D eigenvalue weighted by molar-refractivity contribution is 9.10. The van der Waals surface area contributed by atoms with Crippen LogP contribution in [0.2, 0.25) is 0 Å². The highest BCUT2D eigenvalue weighted by Crippen LogP contribution is 2.40. The van der Waals surface area contributed by atoms with E-state index in [4.69, 9.17) is 5.73 Å². The maximum Gasteiger partial charge on any atom is 0.137 e. The summed E-state index contributed by atoms with van der Waals surface area (Å²) in [4.78, 5) is 4.55. The number of aryl methyl sites for hydroxylation is 1. The lowest BCUT2D eigenvalue weighted by atomic mass is 10.1. The van der Waals surface area contributed by atoms with Crippen molar-refractivity contribution in [3.05, 3.63) is 34.2 Å². The minimum atomic E-state index is 0.129. The van der Waals surface area contributed by atoms with Gasteiger partial charge in [0.15, 0.2) is 0 Å². The van der Waals surface area contributed by atoms with E-state index in [9.17, 15) is 0 Å². The minimum absolute atomic E-state index is 0.129. The number of nitrogens with two attached hydrogens (primary N) is 1. The van der Waals surface area contributed by atoms with Crippen molar-refractivity contribution in [1.29, 1.82) is 0 Å². The van der Waals surface area contributed by atoms with Crippen LogP contribution in [-0.2, 0) is 0 Å². The van der Waals surface area contributed by atoms with E-state index in [1.807, 2.05) is 25.3 Å². The van der Waals surface area contributed by atoms with Crippen LogP contribution in [0.5, 0.6) is 0 Å². The number of aromatic nitrogens is 2. The molecule has 0 aromatic carbocycles. The van der Waals surface area contributed by atoms with Gasteiger partial charge in [-0.1, -0.05) is 0 Å². The first-order valence-corrected chi connectivity index (χ1v) is 6.36. The summed E-state index contributed by atoms with van der Waals surface area (Å²) >= 11 is 3.49. The topological polar surface area (TPSA) is 43.3 Å². The maximum absolute atomic E-state index is 6.29. The van der Waals surface area contributed by atoms with Crippen LogP contribution in [0, 0.1) is 12.8 Å². The zero-order valence-electron chi connectivity index (χ0n) is 9.15. The monoisotopic (exact) mass is 279 g/mol. The van der Waals surface area contributed by atoms with Gasteiger partial charge in [0.1, 0.15) is 5.65 Å². The fourth-order valence-corrected chi connectivity index (χ4v) is 2.57. The second-order valence-corrected chi connectivity index (χ2v) is 5.44. The Hall–Kier alpha value is -0.870. The van der Waals surface area contributed by atoms with Gasteiger partial charge in [0.25, 0.3) is 0 Å². The van der Waals surface area contributed by atoms with Gasteiger partial charge in [-0.2, -0.15) is 0 Å². The van der Waals surface area contributed by atoms with Crippen LogP contribution in [0.4, 0.5) is 0 Å². The Kier molecular flexibility index (Phi) is 2.30. The van der Waals surface area contributed by atoms with Crippen molar-refractivity contribution in [2.24, 2.45) is 11.7 Å². The van der Waals surface area contributed by atoms with E-state index in [2.05, 4.69) is 25.3 Å². The van der Waals surface area contributed by atoms with Gasteiger partial charge in [0.2, 0.25) is 0 Å². The van der Waals surface area contributed by atoms with Gasteiger partial charge in [0, 0.05) is 10.7 Å². The molecule has 2 aromatic heterocycles. The molecular formula is C12H14BrN3. The molecule has 3 nitrogen and oxygen atoms in total. The standard InChI is InChI=1S/C12H14BrN3/c1-7-12(11(14)8-2-3-8)16-6-9(13)4-5-10(16)15-7/h4-6,8,11H,2-3,14H2,1H3. The number of imidazole rings is 1. The SMILES string of the molecule is Cc1nc2ccc(Br)cn2c1C(N)C1CC1. The molecule has 1 aliphatic carbocycles. The molecule has 0 amide bonds. The number of nitrogens with zero attached hydrogens (tertiary/aromatic N) is 2. The molecule has 2 N–H and O–H groups in total. The molecule has 0 saturated heterocycles. The highest BCUT2D eigenvalue weighted by Gasteiger charge is 2.32. The van der Waals surface area contributed by atoms with E-state index in [1.165, 1.54) is 18.5 Å². The number of rotatable bonds is 2. The zero-order chi connectivity index (χ0) is 11.3. The Balaban J connectivity index is 2.20. The van der Waals surface area contributed by atoms with Crippen LogP contribution in [0.25, 0.3) is 5.65 Å². The molecule has 1 fully saturated rings. The van der Waals surface area contributed by atoms with Crippen molar-refractivity contribution in [2.45, 2.75) is 25.8 Å². The fraction of sp³-hybridized carbons (Fsp3) is 0.417. The first kappa shape index (κ1) is 10.3. The molecule has 0 aliphatic heterocycles. The summed E-state index contributed by atoms with van der Waals surface area (Å²) in [5.41, 5.74) is 9.48. The van der Waals surface area contributed by atoms with Crippen molar-refractivity contribution >= 4 is 21.6 Å². The predicted octanol–water partition coefficient (Wildman–Crippen LogP) is 2.82. The number of halogens is 1. The Morgan fingerprint density at radius 2 is 2.25 bits per heavy atom. The van der Waals surface area contributed by atoms with Gasteiger partial charge < -0.3 is 10.1 Å². The van der Waals surface area contributed by atoms with Gasteiger partial charge in [-0.05, 0) is 53.7 Å². The molecular weight excluding hydrogens is 266 g/mol. The first-order valence-electron chi connectivity index (χ1n) is 5.56. The van der Waals surface area contributed by atoms with E-state index in [1.54, 1.807) is 0 Å². The largest absolute Gasteiger partial charge is 0.322 e. The third-order valence-corrected chi connectivity index (χ3v) is 3.72. The Morgan fingerprint density at radius 1 is 1.50 bits per heavy atom. The summed E-state index contributed by atoms with van der Waals surface area (Å²) in [6, 6.07) is 4.15. The van der Waals surface area contributed by atoms with Crippen LogP contribution in [0.1, 0.15) is 30.3 Å². The van der Waals surface area contributed by atoms with Gasteiger partial charge in [0.05, 0.1) is 17.4 Å². The summed E-state index contributed by atoms with van der Waals surface area (Å²) in [6.45, 7) is 2.04. The fourth-order valence-electron chi connectivity index (χ4n) is 2.23. The zero-order valence-corrected chi connectivity index (χ0v) is 10.7. The molecule has 0 spiro atoms.